The molecule has 3 aliphatic heterocycles. The van der Waals surface area contributed by atoms with Crippen molar-refractivity contribution in [3.63, 3.8) is 0 Å². The molecule has 0 spiro atoms. The Bertz CT molecular complexity index is 1080. The second-order valence-corrected chi connectivity index (χ2v) is 8.20. The molecule has 2 aromatic carbocycles. The number of carbonyl (C=O) groups excluding carboxylic acids is 1. The van der Waals surface area contributed by atoms with Gasteiger partial charge in [0.05, 0.1) is 33.0 Å². The summed E-state index contributed by atoms with van der Waals surface area (Å²) in [6.07, 6.45) is -1.06. The smallest absolute Gasteiger partial charge is 0.302 e. The van der Waals surface area contributed by atoms with E-state index in [0.29, 0.717) is 34.5 Å². The largest absolute Gasteiger partial charge is 0.493 e. The number of fused-ring (bicyclic) bond motifs is 2. The number of esters is 1. The summed E-state index contributed by atoms with van der Waals surface area (Å²) in [5.74, 6) is 2.01. The van der Waals surface area contributed by atoms with Crippen LogP contribution < -0.4 is 28.4 Å². The van der Waals surface area contributed by atoms with E-state index in [-0.39, 0.29) is 38.6 Å². The maximum atomic E-state index is 11.6. The zero-order valence-corrected chi connectivity index (χ0v) is 19.1. The van der Waals surface area contributed by atoms with Crippen molar-refractivity contribution >= 4 is 5.97 Å². The zero-order chi connectivity index (χ0) is 23.8. The van der Waals surface area contributed by atoms with Gasteiger partial charge in [-0.15, -0.1) is 0 Å². The first-order chi connectivity index (χ1) is 16.5. The van der Waals surface area contributed by atoms with Gasteiger partial charge in [0, 0.05) is 25.4 Å². The molecule has 0 bridgehead atoms. The predicted molar refractivity (Wildman–Crippen MR) is 115 cm³/mol. The van der Waals surface area contributed by atoms with Gasteiger partial charge >= 0.3 is 5.97 Å². The normalized spacial score (nSPS) is 24.2. The van der Waals surface area contributed by atoms with Gasteiger partial charge in [0.15, 0.2) is 23.0 Å². The molecule has 1 saturated heterocycles. The van der Waals surface area contributed by atoms with Gasteiger partial charge in [-0.2, -0.15) is 0 Å². The van der Waals surface area contributed by atoms with Crippen LogP contribution in [0.3, 0.4) is 0 Å². The Kier molecular flexibility index (Phi) is 6.01. The molecule has 5 rings (SSSR count). The molecule has 0 aromatic heterocycles. The van der Waals surface area contributed by atoms with Gasteiger partial charge in [-0.1, -0.05) is 0 Å². The Morgan fingerprint density at radius 3 is 1.88 bits per heavy atom. The molecule has 34 heavy (non-hydrogen) atoms. The van der Waals surface area contributed by atoms with Crippen LogP contribution in [0.5, 0.6) is 34.5 Å². The van der Waals surface area contributed by atoms with Gasteiger partial charge in [0.2, 0.25) is 25.1 Å². The SMILES string of the molecule is COc1cc([C@H]2O[C@H](c3cc(OC)c4c(c3)OCO4)[C@@H](COC(C)=O)[C@@H]2CO)cc2c1OCO2. The fourth-order valence-electron chi connectivity index (χ4n) is 4.74. The summed E-state index contributed by atoms with van der Waals surface area (Å²) in [5.41, 5.74) is 1.51. The van der Waals surface area contributed by atoms with E-state index in [1.807, 2.05) is 24.3 Å². The maximum absolute atomic E-state index is 11.6. The summed E-state index contributed by atoms with van der Waals surface area (Å²) < 4.78 is 45.1. The highest BCUT2D eigenvalue weighted by Crippen LogP contribution is 2.54. The average molecular weight is 474 g/mol. The Balaban J connectivity index is 1.55. The molecule has 4 atom stereocenters. The maximum Gasteiger partial charge on any atom is 0.302 e. The standard InChI is InChI=1S/C24H26O10/c1-12(26)29-9-16-15(8-25)21(13-4-17(27-2)23-19(6-13)30-10-32-23)34-22(16)14-5-18(28-3)24-20(7-14)31-11-33-24/h4-7,15-16,21-22,25H,8-11H2,1-3H3/t15-,16-,21+,22+/m0/s1. The highest BCUT2D eigenvalue weighted by atomic mass is 16.7. The van der Waals surface area contributed by atoms with Crippen molar-refractivity contribution in [3.8, 4) is 34.5 Å². The first-order valence-corrected chi connectivity index (χ1v) is 10.9. The third-order valence-corrected chi connectivity index (χ3v) is 6.33. The first kappa shape index (κ1) is 22.4. The van der Waals surface area contributed by atoms with Crippen LogP contribution in [-0.2, 0) is 14.3 Å². The molecule has 3 aliphatic rings. The molecule has 1 fully saturated rings. The molecular formula is C24H26O10. The van der Waals surface area contributed by atoms with Gasteiger partial charge in [-0.25, -0.2) is 0 Å². The van der Waals surface area contributed by atoms with Crippen molar-refractivity contribution in [1.29, 1.82) is 0 Å². The Hall–Kier alpha value is -3.37. The topological polar surface area (TPSA) is 111 Å². The molecular weight excluding hydrogens is 448 g/mol. The number of aliphatic hydroxyl groups is 1. The molecule has 0 radical (unpaired) electrons. The molecule has 3 heterocycles. The first-order valence-electron chi connectivity index (χ1n) is 10.9. The van der Waals surface area contributed by atoms with Gasteiger partial charge in [-0.05, 0) is 35.4 Å². The Labute approximate surface area is 196 Å². The van der Waals surface area contributed by atoms with E-state index in [9.17, 15) is 9.90 Å². The van der Waals surface area contributed by atoms with Crippen LogP contribution in [0.25, 0.3) is 0 Å². The average Bonchev–Trinajstić information content (AvgIpc) is 3.58. The minimum atomic E-state index is -0.532. The number of hydrogen-bond donors (Lipinski definition) is 1. The number of methoxy groups -OCH3 is 2. The van der Waals surface area contributed by atoms with E-state index < -0.39 is 18.2 Å². The highest BCUT2D eigenvalue weighted by molar-refractivity contribution is 5.66. The van der Waals surface area contributed by atoms with Crippen molar-refractivity contribution in [3.05, 3.63) is 35.4 Å². The van der Waals surface area contributed by atoms with Crippen molar-refractivity contribution in [2.45, 2.75) is 19.1 Å². The number of rotatable bonds is 7. The van der Waals surface area contributed by atoms with Crippen LogP contribution in [0.15, 0.2) is 24.3 Å². The van der Waals surface area contributed by atoms with E-state index >= 15 is 0 Å². The fraction of sp³-hybridized carbons (Fsp3) is 0.458. The molecule has 0 amide bonds. The van der Waals surface area contributed by atoms with E-state index in [4.69, 9.17) is 37.9 Å². The van der Waals surface area contributed by atoms with E-state index in [1.165, 1.54) is 6.92 Å². The molecule has 0 unspecified atom stereocenters. The summed E-state index contributed by atoms with van der Waals surface area (Å²) >= 11 is 0. The predicted octanol–water partition coefficient (Wildman–Crippen LogP) is 2.76. The lowest BCUT2D eigenvalue weighted by Crippen LogP contribution is -2.25. The van der Waals surface area contributed by atoms with E-state index in [2.05, 4.69) is 0 Å². The number of ether oxygens (including phenoxy) is 8. The van der Waals surface area contributed by atoms with Crippen molar-refractivity contribution in [2.24, 2.45) is 11.8 Å². The lowest BCUT2D eigenvalue weighted by atomic mass is 9.83. The fourth-order valence-corrected chi connectivity index (χ4v) is 4.74. The van der Waals surface area contributed by atoms with Crippen LogP contribution >= 0.6 is 0 Å². The number of carbonyl (C=O) groups is 1. The molecule has 10 nitrogen and oxygen atoms in total. The van der Waals surface area contributed by atoms with Gasteiger partial charge in [0.1, 0.15) is 0 Å². The van der Waals surface area contributed by atoms with Gasteiger partial charge < -0.3 is 43.0 Å². The summed E-state index contributed by atoms with van der Waals surface area (Å²) in [7, 11) is 3.09. The quantitative estimate of drug-likeness (QED) is 0.601. The number of hydrogen-bond acceptors (Lipinski definition) is 10. The second kappa shape index (κ2) is 9.11. The summed E-state index contributed by atoms with van der Waals surface area (Å²) in [6, 6.07) is 7.28. The Morgan fingerprint density at radius 2 is 1.41 bits per heavy atom. The Morgan fingerprint density at radius 1 is 0.882 bits per heavy atom. The molecule has 2 aromatic rings. The molecule has 0 saturated carbocycles. The highest BCUT2D eigenvalue weighted by Gasteiger charge is 2.47. The number of aliphatic hydroxyl groups excluding tert-OH is 1. The lowest BCUT2D eigenvalue weighted by Gasteiger charge is -2.23. The summed E-state index contributed by atoms with van der Waals surface area (Å²) in [6.45, 7) is 1.42. The van der Waals surface area contributed by atoms with Crippen LogP contribution in [0.2, 0.25) is 0 Å². The molecule has 0 aliphatic carbocycles. The monoisotopic (exact) mass is 474 g/mol. The van der Waals surface area contributed by atoms with Gasteiger partial charge in [-0.3, -0.25) is 4.79 Å². The zero-order valence-electron chi connectivity index (χ0n) is 19.1. The van der Waals surface area contributed by atoms with Crippen molar-refractivity contribution in [1.82, 2.24) is 0 Å². The second-order valence-electron chi connectivity index (χ2n) is 8.20. The minimum absolute atomic E-state index is 0.0696. The lowest BCUT2D eigenvalue weighted by molar-refractivity contribution is -0.143. The molecule has 1 N–H and O–H groups in total. The van der Waals surface area contributed by atoms with E-state index in [1.54, 1.807) is 14.2 Å². The van der Waals surface area contributed by atoms with Crippen LogP contribution in [0, 0.1) is 11.8 Å². The van der Waals surface area contributed by atoms with Crippen LogP contribution in [0.1, 0.15) is 30.3 Å². The minimum Gasteiger partial charge on any atom is -0.493 e. The third kappa shape index (κ3) is 3.82. The summed E-state index contributed by atoms with van der Waals surface area (Å²) in [4.78, 5) is 11.6. The number of benzene rings is 2. The molecule has 10 heteroatoms. The van der Waals surface area contributed by atoms with Crippen molar-refractivity contribution in [2.75, 3.05) is 41.0 Å². The third-order valence-electron chi connectivity index (χ3n) is 6.33. The molecule has 182 valence electrons. The summed E-state index contributed by atoms with van der Waals surface area (Å²) in [5, 5.41) is 10.4. The van der Waals surface area contributed by atoms with Crippen molar-refractivity contribution < 1.29 is 47.8 Å². The van der Waals surface area contributed by atoms with Crippen LogP contribution in [-0.4, -0.2) is 52.1 Å². The van der Waals surface area contributed by atoms with Gasteiger partial charge in [0.25, 0.3) is 0 Å². The van der Waals surface area contributed by atoms with E-state index in [0.717, 1.165) is 11.1 Å². The van der Waals surface area contributed by atoms with Crippen LogP contribution in [0.4, 0.5) is 0 Å².